The van der Waals surface area contributed by atoms with Crippen LogP contribution in [0.2, 0.25) is 0 Å². The molecule has 0 spiro atoms. The Hall–Kier alpha value is 0.711. The zero-order chi connectivity index (χ0) is 12.9. The SMILES string of the molecule is F[B-](F)(F)c1ccc(S(F)(F)(F)(F)F)cc1.[K+]. The molecule has 11 heteroatoms. The molecule has 0 fully saturated rings. The molecule has 0 heterocycles. The number of hydrogen-bond acceptors (Lipinski definition) is 0. The number of benzene rings is 1. The summed E-state index contributed by atoms with van der Waals surface area (Å²) in [5.74, 6) is 0. The molecular weight excluding hydrogens is 306 g/mol. The number of rotatable bonds is 2. The molecule has 94 valence electrons. The molecule has 0 unspecified atom stereocenters. The summed E-state index contributed by atoms with van der Waals surface area (Å²) in [6, 6.07) is -0.529. The van der Waals surface area contributed by atoms with Gasteiger partial charge in [0.1, 0.15) is 4.90 Å². The fourth-order valence-electron chi connectivity index (χ4n) is 0.943. The minimum absolute atomic E-state index is 0. The zero-order valence-electron chi connectivity index (χ0n) is 8.32. The van der Waals surface area contributed by atoms with E-state index in [0.717, 1.165) is 0 Å². The fraction of sp³-hybridized carbons (Fsp3) is 0. The fourth-order valence-corrected chi connectivity index (χ4v) is 1.59. The largest absolute Gasteiger partial charge is 1.00 e. The first-order valence-corrected chi connectivity index (χ1v) is 5.69. The molecule has 1 aromatic rings. The molecule has 1 aromatic carbocycles. The maximum atomic E-state index is 12.1. The Kier molecular flexibility index (Phi) is 4.27. The Morgan fingerprint density at radius 3 is 1.35 bits per heavy atom. The van der Waals surface area contributed by atoms with Crippen molar-refractivity contribution in [1.82, 2.24) is 0 Å². The van der Waals surface area contributed by atoms with E-state index in [-0.39, 0.29) is 75.7 Å². The standard InChI is InChI=1S/C6H4BF8S.K/c8-7(9,10)5-1-3-6(4-2-5)16(11,12,13,14)15;/h1-4H;/q-1;+1. The van der Waals surface area contributed by atoms with Crippen molar-refractivity contribution in [2.75, 3.05) is 0 Å². The van der Waals surface area contributed by atoms with E-state index in [4.69, 9.17) is 0 Å². The van der Waals surface area contributed by atoms with Crippen molar-refractivity contribution in [3.05, 3.63) is 24.3 Å². The molecule has 0 bridgehead atoms. The molecule has 17 heavy (non-hydrogen) atoms. The second-order valence-electron chi connectivity index (χ2n) is 3.11. The molecule has 0 radical (unpaired) electrons. The van der Waals surface area contributed by atoms with Crippen molar-refractivity contribution in [3.63, 3.8) is 0 Å². The normalized spacial score (nSPS) is 16.7. The molecular formula is C6H4BF8KS. The van der Waals surface area contributed by atoms with Crippen molar-refractivity contribution in [3.8, 4) is 0 Å². The minimum Gasteiger partial charge on any atom is -0.445 e. The average Bonchev–Trinajstić information content (AvgIpc) is 1.99. The first-order chi connectivity index (χ1) is 6.70. The van der Waals surface area contributed by atoms with E-state index in [1.807, 2.05) is 0 Å². The summed E-state index contributed by atoms with van der Waals surface area (Å²) in [5, 5.41) is 0. The zero-order valence-corrected chi connectivity index (χ0v) is 12.3. The predicted molar refractivity (Wildman–Crippen MR) is 46.6 cm³/mol. The second kappa shape index (κ2) is 4.10. The molecule has 0 saturated heterocycles. The molecule has 0 aliphatic heterocycles. The average molecular weight is 310 g/mol. The maximum absolute atomic E-state index is 12.1. The van der Waals surface area contributed by atoms with Gasteiger partial charge >= 0.3 is 68.6 Å². The van der Waals surface area contributed by atoms with Gasteiger partial charge in [0, 0.05) is 0 Å². The number of halogens is 8. The van der Waals surface area contributed by atoms with Crippen LogP contribution in [0.1, 0.15) is 0 Å². The van der Waals surface area contributed by atoms with Gasteiger partial charge in [0.15, 0.2) is 0 Å². The van der Waals surface area contributed by atoms with Gasteiger partial charge in [-0.3, -0.25) is 0 Å². The van der Waals surface area contributed by atoms with E-state index in [0.29, 0.717) is 0 Å². The third-order valence-corrected chi connectivity index (χ3v) is 2.87. The Bertz CT molecular complexity index is 405. The van der Waals surface area contributed by atoms with E-state index in [2.05, 4.69) is 0 Å². The first-order valence-electron chi connectivity index (χ1n) is 3.74. The first kappa shape index (κ1) is 17.7. The van der Waals surface area contributed by atoms with Crippen LogP contribution in [0.25, 0.3) is 0 Å². The summed E-state index contributed by atoms with van der Waals surface area (Å²) < 4.78 is 96.5. The van der Waals surface area contributed by atoms with Crippen molar-refractivity contribution >= 4 is 22.7 Å². The van der Waals surface area contributed by atoms with Crippen LogP contribution in [-0.2, 0) is 0 Å². The van der Waals surface area contributed by atoms with Crippen LogP contribution >= 0.6 is 10.2 Å². The van der Waals surface area contributed by atoms with Gasteiger partial charge in [0.25, 0.3) is 0 Å². The van der Waals surface area contributed by atoms with Gasteiger partial charge in [-0.15, -0.1) is 5.46 Å². The van der Waals surface area contributed by atoms with Gasteiger partial charge in [-0.25, -0.2) is 0 Å². The molecule has 0 aromatic heterocycles. The van der Waals surface area contributed by atoms with Gasteiger partial charge in [0.05, 0.1) is 0 Å². The van der Waals surface area contributed by atoms with Crippen molar-refractivity contribution < 1.29 is 83.8 Å². The Morgan fingerprint density at radius 2 is 1.12 bits per heavy atom. The summed E-state index contributed by atoms with van der Waals surface area (Å²) in [5.41, 5.74) is -1.36. The van der Waals surface area contributed by atoms with Gasteiger partial charge in [-0.2, -0.15) is 0 Å². The predicted octanol–water partition coefficient (Wildman–Crippen LogP) is 1.40. The molecule has 1 rings (SSSR count). The quantitative estimate of drug-likeness (QED) is 0.572. The summed E-state index contributed by atoms with van der Waals surface area (Å²) >= 11 is 0. The van der Waals surface area contributed by atoms with Crippen molar-refractivity contribution in [2.24, 2.45) is 0 Å². The van der Waals surface area contributed by atoms with E-state index < -0.39 is 27.6 Å². The maximum Gasteiger partial charge on any atom is 1.00 e. The molecule has 0 N–H and O–H groups in total. The molecule has 0 aliphatic rings. The van der Waals surface area contributed by atoms with Crippen LogP contribution in [-0.4, -0.2) is 6.98 Å². The molecule has 0 amide bonds. The summed E-state index contributed by atoms with van der Waals surface area (Å²) in [4.78, 5) is -2.33. The molecule has 0 atom stereocenters. The monoisotopic (exact) mass is 310 g/mol. The van der Waals surface area contributed by atoms with Crippen LogP contribution in [0.3, 0.4) is 0 Å². The van der Waals surface area contributed by atoms with Crippen LogP contribution in [0.15, 0.2) is 29.2 Å². The summed E-state index contributed by atoms with van der Waals surface area (Å²) in [6.45, 7) is -5.49. The molecule has 0 saturated carbocycles. The van der Waals surface area contributed by atoms with E-state index in [9.17, 15) is 32.4 Å². The van der Waals surface area contributed by atoms with Crippen LogP contribution < -0.4 is 56.8 Å². The van der Waals surface area contributed by atoms with Crippen molar-refractivity contribution in [2.45, 2.75) is 4.90 Å². The van der Waals surface area contributed by atoms with Gasteiger partial charge in [-0.1, -0.05) is 31.6 Å². The van der Waals surface area contributed by atoms with Gasteiger partial charge in [0.2, 0.25) is 0 Å². The van der Waals surface area contributed by atoms with Crippen LogP contribution in [0.4, 0.5) is 32.4 Å². The third kappa shape index (κ3) is 5.07. The van der Waals surface area contributed by atoms with Crippen LogP contribution in [0, 0.1) is 0 Å². The summed E-state index contributed by atoms with van der Waals surface area (Å²) in [7, 11) is -9.88. The van der Waals surface area contributed by atoms with Crippen molar-refractivity contribution in [1.29, 1.82) is 0 Å². The molecule has 0 nitrogen and oxygen atoms in total. The van der Waals surface area contributed by atoms with Gasteiger partial charge in [-0.05, 0) is 12.1 Å². The van der Waals surface area contributed by atoms with E-state index >= 15 is 0 Å². The third-order valence-electron chi connectivity index (χ3n) is 1.70. The smallest absolute Gasteiger partial charge is 0.445 e. The summed E-state index contributed by atoms with van der Waals surface area (Å²) in [6.07, 6.45) is 0. The topological polar surface area (TPSA) is 0 Å². The Balaban J connectivity index is 0.00000256. The van der Waals surface area contributed by atoms with E-state index in [1.165, 1.54) is 0 Å². The van der Waals surface area contributed by atoms with Crippen LogP contribution in [0.5, 0.6) is 0 Å². The second-order valence-corrected chi connectivity index (χ2v) is 5.52. The number of hydrogen-bond donors (Lipinski definition) is 0. The molecule has 0 aliphatic carbocycles. The Labute approximate surface area is 134 Å². The Morgan fingerprint density at radius 1 is 0.765 bits per heavy atom. The minimum atomic E-state index is -9.88. The van der Waals surface area contributed by atoms with E-state index in [1.54, 1.807) is 0 Å². The van der Waals surface area contributed by atoms with Gasteiger partial charge < -0.3 is 12.9 Å².